The van der Waals surface area contributed by atoms with E-state index >= 15 is 0 Å². The third-order valence-corrected chi connectivity index (χ3v) is 4.46. The van der Waals surface area contributed by atoms with Crippen molar-refractivity contribution in [2.24, 2.45) is 10.7 Å². The van der Waals surface area contributed by atoms with Crippen molar-refractivity contribution in [2.75, 3.05) is 42.9 Å². The lowest BCUT2D eigenvalue weighted by Crippen LogP contribution is -2.51. The van der Waals surface area contributed by atoms with E-state index in [2.05, 4.69) is 25.2 Å². The molecule has 8 nitrogen and oxygen atoms in total. The molecule has 0 bridgehead atoms. The molecule has 0 spiro atoms. The van der Waals surface area contributed by atoms with Crippen molar-refractivity contribution < 1.29 is 4.79 Å². The zero-order chi connectivity index (χ0) is 16.8. The van der Waals surface area contributed by atoms with E-state index in [1.807, 2.05) is 16.5 Å². The molecule has 3 heterocycles. The molecule has 1 amide bonds. The lowest BCUT2D eigenvalue weighted by molar-refractivity contribution is -0.114. The van der Waals surface area contributed by atoms with Gasteiger partial charge in [0, 0.05) is 44.0 Å². The summed E-state index contributed by atoms with van der Waals surface area (Å²) in [5.74, 6) is 0.183. The van der Waals surface area contributed by atoms with E-state index in [1.54, 1.807) is 35.9 Å². The van der Waals surface area contributed by atoms with Crippen LogP contribution >= 0.6 is 35.3 Å². The number of piperazine rings is 1. The molecule has 3 N–H and O–H groups in total. The second kappa shape index (κ2) is 9.51. The van der Waals surface area contributed by atoms with Crippen LogP contribution in [0.3, 0.4) is 0 Å². The van der Waals surface area contributed by atoms with Gasteiger partial charge in [-0.3, -0.25) is 9.78 Å². The van der Waals surface area contributed by atoms with Crippen LogP contribution in [-0.2, 0) is 4.79 Å². The van der Waals surface area contributed by atoms with Crippen molar-refractivity contribution in [1.82, 2.24) is 14.9 Å². The molecule has 1 saturated heterocycles. The van der Waals surface area contributed by atoms with Crippen molar-refractivity contribution in [2.45, 2.75) is 0 Å². The summed E-state index contributed by atoms with van der Waals surface area (Å²) in [6.45, 7) is 3.20. The number of anilines is 2. The molecule has 0 aromatic carbocycles. The third-order valence-electron chi connectivity index (χ3n) is 3.62. The third kappa shape index (κ3) is 5.53. The SMILES string of the molecule is I.NC(=NCC(=O)Nc1cccnc1)N1CCN(c2nccs2)CC1. The van der Waals surface area contributed by atoms with Gasteiger partial charge in [0.2, 0.25) is 5.91 Å². The van der Waals surface area contributed by atoms with E-state index in [0.717, 1.165) is 31.3 Å². The maximum Gasteiger partial charge on any atom is 0.246 e. The minimum Gasteiger partial charge on any atom is -0.370 e. The second-order valence-electron chi connectivity index (χ2n) is 5.25. The molecular weight excluding hydrogens is 453 g/mol. The highest BCUT2D eigenvalue weighted by atomic mass is 127. The fourth-order valence-corrected chi connectivity index (χ4v) is 3.09. The Labute approximate surface area is 167 Å². The molecule has 2 aromatic rings. The number of nitrogens with one attached hydrogen (secondary N) is 1. The number of rotatable bonds is 4. The van der Waals surface area contributed by atoms with Crippen LogP contribution in [0.1, 0.15) is 0 Å². The summed E-state index contributed by atoms with van der Waals surface area (Å²) in [4.78, 5) is 28.5. The molecule has 3 rings (SSSR count). The topological polar surface area (TPSA) is 99.7 Å². The first-order valence-corrected chi connectivity index (χ1v) is 8.49. The minimum absolute atomic E-state index is 0. The number of hydrogen-bond donors (Lipinski definition) is 2. The molecule has 0 radical (unpaired) electrons. The van der Waals surface area contributed by atoms with E-state index in [-0.39, 0.29) is 36.4 Å². The number of hydrogen-bond acceptors (Lipinski definition) is 6. The van der Waals surface area contributed by atoms with Gasteiger partial charge in [-0.05, 0) is 12.1 Å². The predicted octanol–water partition coefficient (Wildman–Crippen LogP) is 1.23. The number of carbonyl (C=O) groups excluding carboxylic acids is 1. The Bertz CT molecular complexity index is 687. The van der Waals surface area contributed by atoms with Gasteiger partial charge in [0.25, 0.3) is 0 Å². The van der Waals surface area contributed by atoms with Gasteiger partial charge in [-0.2, -0.15) is 0 Å². The van der Waals surface area contributed by atoms with Crippen LogP contribution in [0.15, 0.2) is 41.1 Å². The number of amides is 1. The molecule has 25 heavy (non-hydrogen) atoms. The smallest absolute Gasteiger partial charge is 0.246 e. The van der Waals surface area contributed by atoms with Crippen LogP contribution in [0, 0.1) is 0 Å². The molecule has 1 aliphatic rings. The van der Waals surface area contributed by atoms with Gasteiger partial charge in [-0.25, -0.2) is 9.98 Å². The highest BCUT2D eigenvalue weighted by Gasteiger charge is 2.19. The van der Waals surface area contributed by atoms with Crippen LogP contribution in [0.25, 0.3) is 0 Å². The van der Waals surface area contributed by atoms with Gasteiger partial charge in [-0.1, -0.05) is 0 Å². The number of pyridine rings is 1. The quantitative estimate of drug-likeness (QED) is 0.394. The first-order chi connectivity index (χ1) is 11.7. The number of halogens is 1. The molecule has 0 saturated carbocycles. The minimum atomic E-state index is -0.215. The summed E-state index contributed by atoms with van der Waals surface area (Å²) in [5, 5.41) is 5.73. The number of aliphatic imine (C=N–C) groups is 1. The number of carbonyl (C=O) groups is 1. The zero-order valence-electron chi connectivity index (χ0n) is 13.5. The maximum absolute atomic E-state index is 11.9. The molecule has 10 heteroatoms. The molecular formula is C15H20IN7OS. The van der Waals surface area contributed by atoms with Gasteiger partial charge < -0.3 is 20.9 Å². The van der Waals surface area contributed by atoms with Gasteiger partial charge in [0.1, 0.15) is 6.54 Å². The van der Waals surface area contributed by atoms with Gasteiger partial charge in [0.05, 0.1) is 11.9 Å². The zero-order valence-corrected chi connectivity index (χ0v) is 16.7. The monoisotopic (exact) mass is 473 g/mol. The number of guanidine groups is 1. The fraction of sp³-hybridized carbons (Fsp3) is 0.333. The Morgan fingerprint density at radius 2 is 2.12 bits per heavy atom. The second-order valence-corrected chi connectivity index (χ2v) is 6.13. The van der Waals surface area contributed by atoms with Crippen LogP contribution in [0.5, 0.6) is 0 Å². The Hall–Kier alpha value is -1.95. The van der Waals surface area contributed by atoms with Crippen molar-refractivity contribution >= 4 is 58.0 Å². The van der Waals surface area contributed by atoms with E-state index in [1.165, 1.54) is 0 Å². The average molecular weight is 473 g/mol. The largest absolute Gasteiger partial charge is 0.370 e. The molecule has 0 atom stereocenters. The van der Waals surface area contributed by atoms with Crippen molar-refractivity contribution in [3.05, 3.63) is 36.1 Å². The number of thiazole rings is 1. The fourth-order valence-electron chi connectivity index (χ4n) is 2.39. The number of nitrogens with two attached hydrogens (primary N) is 1. The highest BCUT2D eigenvalue weighted by Crippen LogP contribution is 2.18. The van der Waals surface area contributed by atoms with Crippen molar-refractivity contribution in [1.29, 1.82) is 0 Å². The molecule has 1 fully saturated rings. The summed E-state index contributed by atoms with van der Waals surface area (Å²) in [7, 11) is 0. The molecule has 0 unspecified atom stereocenters. The van der Waals surface area contributed by atoms with Crippen LogP contribution in [0.4, 0.5) is 10.8 Å². The Kier molecular flexibility index (Phi) is 7.37. The van der Waals surface area contributed by atoms with E-state index in [9.17, 15) is 4.79 Å². The normalized spacial score (nSPS) is 14.8. The highest BCUT2D eigenvalue weighted by molar-refractivity contribution is 14.0. The number of nitrogens with zero attached hydrogens (tertiary/aromatic N) is 5. The molecule has 134 valence electrons. The van der Waals surface area contributed by atoms with Crippen LogP contribution < -0.4 is 16.0 Å². The molecule has 2 aromatic heterocycles. The average Bonchev–Trinajstić information content (AvgIpc) is 3.15. The maximum atomic E-state index is 11.9. The first-order valence-electron chi connectivity index (χ1n) is 7.61. The Morgan fingerprint density at radius 1 is 1.32 bits per heavy atom. The summed E-state index contributed by atoms with van der Waals surface area (Å²) in [6, 6.07) is 3.53. The van der Waals surface area contributed by atoms with E-state index < -0.39 is 0 Å². The van der Waals surface area contributed by atoms with Crippen LogP contribution in [-0.4, -0.2) is 59.5 Å². The lowest BCUT2D eigenvalue weighted by Gasteiger charge is -2.35. The standard InChI is InChI=1S/C15H19N7OS.HI/c16-14(19-11-13(23)20-12-2-1-3-17-10-12)21-5-7-22(8-6-21)15-18-4-9-24-15;/h1-4,9-10H,5-8,11H2,(H2,16,19)(H,20,23);1H. The Morgan fingerprint density at radius 3 is 2.76 bits per heavy atom. The summed E-state index contributed by atoms with van der Waals surface area (Å²) >= 11 is 1.63. The molecule has 0 aliphatic carbocycles. The van der Waals surface area contributed by atoms with E-state index in [0.29, 0.717) is 11.6 Å². The number of aromatic nitrogens is 2. The summed E-state index contributed by atoms with van der Waals surface area (Å²) < 4.78 is 0. The van der Waals surface area contributed by atoms with Crippen molar-refractivity contribution in [3.8, 4) is 0 Å². The van der Waals surface area contributed by atoms with E-state index in [4.69, 9.17) is 5.73 Å². The van der Waals surface area contributed by atoms with Crippen LogP contribution in [0.2, 0.25) is 0 Å². The van der Waals surface area contributed by atoms with Gasteiger partial charge in [-0.15, -0.1) is 35.3 Å². The summed E-state index contributed by atoms with van der Waals surface area (Å²) in [5.41, 5.74) is 6.65. The lowest BCUT2D eigenvalue weighted by atomic mass is 10.3. The predicted molar refractivity (Wildman–Crippen MR) is 111 cm³/mol. The molecule has 1 aliphatic heterocycles. The Balaban J connectivity index is 0.00000225. The first kappa shape index (κ1) is 19.4. The van der Waals surface area contributed by atoms with Gasteiger partial charge >= 0.3 is 0 Å². The van der Waals surface area contributed by atoms with Gasteiger partial charge in [0.15, 0.2) is 11.1 Å². The van der Waals surface area contributed by atoms with Crippen molar-refractivity contribution in [3.63, 3.8) is 0 Å². The summed E-state index contributed by atoms with van der Waals surface area (Å²) in [6.07, 6.45) is 5.04.